The van der Waals surface area contributed by atoms with Crippen molar-refractivity contribution in [2.24, 2.45) is 23.2 Å². The van der Waals surface area contributed by atoms with Crippen molar-refractivity contribution in [2.45, 2.75) is 66.2 Å². The van der Waals surface area contributed by atoms with Gasteiger partial charge in [0.1, 0.15) is 0 Å². The average Bonchev–Trinajstić information content (AvgIpc) is 2.25. The van der Waals surface area contributed by atoms with Crippen LogP contribution >= 0.6 is 0 Å². The first kappa shape index (κ1) is 12.2. The molecule has 2 aliphatic rings. The highest BCUT2D eigenvalue weighted by Gasteiger charge is 2.44. The third-order valence-corrected chi connectivity index (χ3v) is 5.30. The Morgan fingerprint density at radius 2 is 2.12 bits per heavy atom. The summed E-state index contributed by atoms with van der Waals surface area (Å²) in [4.78, 5) is 0. The van der Waals surface area contributed by atoms with Crippen LogP contribution in [0, 0.1) is 23.2 Å². The van der Waals surface area contributed by atoms with Gasteiger partial charge in [-0.1, -0.05) is 45.8 Å². The van der Waals surface area contributed by atoms with Crippen LogP contribution < -0.4 is 0 Å². The van der Waals surface area contributed by atoms with Crippen molar-refractivity contribution < 1.29 is 0 Å². The third-order valence-electron chi connectivity index (χ3n) is 5.30. The van der Waals surface area contributed by atoms with Crippen LogP contribution in [0.2, 0.25) is 0 Å². The number of allylic oxidation sites excluding steroid dienone is 2. The van der Waals surface area contributed by atoms with Gasteiger partial charge in [-0.15, -0.1) is 0 Å². The molecule has 0 heteroatoms. The summed E-state index contributed by atoms with van der Waals surface area (Å²) >= 11 is 0. The molecule has 92 valence electrons. The lowest BCUT2D eigenvalue weighted by molar-refractivity contribution is 0.0947. The van der Waals surface area contributed by atoms with E-state index in [1.165, 1.54) is 38.5 Å². The molecule has 0 amide bonds. The molecule has 2 unspecified atom stereocenters. The Bertz CT molecular complexity index is 276. The maximum absolute atomic E-state index is 2.59. The first-order chi connectivity index (χ1) is 7.58. The predicted octanol–water partition coefficient (Wildman–Crippen LogP) is 5.20. The van der Waals surface area contributed by atoms with Crippen molar-refractivity contribution in [1.29, 1.82) is 0 Å². The van der Waals surface area contributed by atoms with E-state index in [9.17, 15) is 0 Å². The Labute approximate surface area is 102 Å². The van der Waals surface area contributed by atoms with Crippen molar-refractivity contribution in [2.75, 3.05) is 0 Å². The molecule has 2 aliphatic carbocycles. The molecule has 0 radical (unpaired) electrons. The van der Waals surface area contributed by atoms with Crippen LogP contribution in [0.4, 0.5) is 0 Å². The predicted molar refractivity (Wildman–Crippen MR) is 71.4 cm³/mol. The Balaban J connectivity index is 2.24. The minimum absolute atomic E-state index is 0.556. The lowest BCUT2D eigenvalue weighted by atomic mass is 9.55. The van der Waals surface area contributed by atoms with Gasteiger partial charge in [-0.3, -0.25) is 0 Å². The van der Waals surface area contributed by atoms with Crippen LogP contribution in [0.5, 0.6) is 0 Å². The van der Waals surface area contributed by atoms with Crippen LogP contribution in [-0.4, -0.2) is 0 Å². The van der Waals surface area contributed by atoms with Crippen LogP contribution in [0.3, 0.4) is 0 Å². The highest BCUT2D eigenvalue weighted by molar-refractivity contribution is 5.22. The van der Waals surface area contributed by atoms with Gasteiger partial charge in [0.2, 0.25) is 0 Å². The number of hydrogen-bond donors (Lipinski definition) is 0. The maximum Gasteiger partial charge on any atom is -0.00853 e. The van der Waals surface area contributed by atoms with Crippen LogP contribution in [0.25, 0.3) is 0 Å². The lowest BCUT2D eigenvalue weighted by Crippen LogP contribution is -2.40. The van der Waals surface area contributed by atoms with Gasteiger partial charge < -0.3 is 0 Å². The molecule has 1 fully saturated rings. The van der Waals surface area contributed by atoms with E-state index < -0.39 is 0 Å². The maximum atomic E-state index is 2.59. The summed E-state index contributed by atoms with van der Waals surface area (Å²) < 4.78 is 0. The fourth-order valence-corrected chi connectivity index (χ4v) is 4.19. The van der Waals surface area contributed by atoms with Gasteiger partial charge in [-0.2, -0.15) is 0 Å². The molecule has 0 nitrogen and oxygen atoms in total. The molecule has 2 rings (SSSR count). The second-order valence-electron chi connectivity index (χ2n) is 6.60. The minimum Gasteiger partial charge on any atom is -0.0845 e. The van der Waals surface area contributed by atoms with Crippen molar-refractivity contribution in [1.82, 2.24) is 0 Å². The summed E-state index contributed by atoms with van der Waals surface area (Å²) in [7, 11) is 0. The summed E-state index contributed by atoms with van der Waals surface area (Å²) in [5, 5.41) is 0. The molecule has 1 saturated carbocycles. The SMILES string of the molecule is CCC[C@H]1C(C)CC=C2CC(C)CC[C@@]21C. The molecule has 0 saturated heterocycles. The van der Waals surface area contributed by atoms with Crippen molar-refractivity contribution in [3.05, 3.63) is 11.6 Å². The first-order valence-corrected chi connectivity index (χ1v) is 7.27. The molecule has 0 aromatic heterocycles. The zero-order valence-corrected chi connectivity index (χ0v) is 11.6. The molecule has 0 N–H and O–H groups in total. The molecule has 0 heterocycles. The van der Waals surface area contributed by atoms with Crippen LogP contribution in [-0.2, 0) is 0 Å². The largest absolute Gasteiger partial charge is 0.0845 e. The summed E-state index contributed by atoms with van der Waals surface area (Å²) in [6.07, 6.45) is 11.0. The van der Waals surface area contributed by atoms with E-state index in [1.54, 1.807) is 0 Å². The molecule has 0 aromatic carbocycles. The van der Waals surface area contributed by atoms with Crippen LogP contribution in [0.1, 0.15) is 66.2 Å². The van der Waals surface area contributed by atoms with E-state index >= 15 is 0 Å². The third kappa shape index (κ3) is 1.96. The van der Waals surface area contributed by atoms with E-state index in [1.807, 2.05) is 5.57 Å². The van der Waals surface area contributed by atoms with Gasteiger partial charge in [0.25, 0.3) is 0 Å². The Morgan fingerprint density at radius 3 is 2.81 bits per heavy atom. The monoisotopic (exact) mass is 220 g/mol. The topological polar surface area (TPSA) is 0 Å². The van der Waals surface area contributed by atoms with Gasteiger partial charge in [0.15, 0.2) is 0 Å². The van der Waals surface area contributed by atoms with Gasteiger partial charge in [0.05, 0.1) is 0 Å². The summed E-state index contributed by atoms with van der Waals surface area (Å²) in [6.45, 7) is 9.80. The van der Waals surface area contributed by atoms with Gasteiger partial charge in [-0.05, 0) is 55.3 Å². The second kappa shape index (κ2) is 4.55. The highest BCUT2D eigenvalue weighted by Crippen LogP contribution is 2.54. The van der Waals surface area contributed by atoms with E-state index in [2.05, 4.69) is 33.8 Å². The highest BCUT2D eigenvalue weighted by atomic mass is 14.5. The second-order valence-corrected chi connectivity index (χ2v) is 6.60. The average molecular weight is 220 g/mol. The standard InChI is InChI=1S/C16H28/c1-5-6-15-13(3)7-8-14-11-12(2)9-10-16(14,15)4/h8,12-13,15H,5-7,9-11H2,1-4H3/t12?,13?,15-,16-/m0/s1. The van der Waals surface area contributed by atoms with Gasteiger partial charge in [-0.25, -0.2) is 0 Å². The van der Waals surface area contributed by atoms with E-state index in [-0.39, 0.29) is 0 Å². The van der Waals surface area contributed by atoms with Gasteiger partial charge in [0, 0.05) is 0 Å². The smallest absolute Gasteiger partial charge is 0.00853 e. The van der Waals surface area contributed by atoms with E-state index in [4.69, 9.17) is 0 Å². The van der Waals surface area contributed by atoms with E-state index in [0.29, 0.717) is 5.41 Å². The molecule has 4 atom stereocenters. The van der Waals surface area contributed by atoms with Crippen LogP contribution in [0.15, 0.2) is 11.6 Å². The molecule has 0 bridgehead atoms. The number of hydrogen-bond acceptors (Lipinski definition) is 0. The van der Waals surface area contributed by atoms with E-state index in [0.717, 1.165) is 17.8 Å². The Hall–Kier alpha value is -0.260. The summed E-state index contributed by atoms with van der Waals surface area (Å²) in [5.74, 6) is 2.78. The zero-order chi connectivity index (χ0) is 11.8. The van der Waals surface area contributed by atoms with Gasteiger partial charge >= 0.3 is 0 Å². The number of rotatable bonds is 2. The summed E-state index contributed by atoms with van der Waals surface area (Å²) in [6, 6.07) is 0. The number of fused-ring (bicyclic) bond motifs is 1. The minimum atomic E-state index is 0.556. The molecular weight excluding hydrogens is 192 g/mol. The summed E-state index contributed by atoms with van der Waals surface area (Å²) in [5.41, 5.74) is 2.36. The lowest BCUT2D eigenvalue weighted by Gasteiger charge is -2.50. The molecule has 16 heavy (non-hydrogen) atoms. The Kier molecular flexibility index (Phi) is 3.47. The van der Waals surface area contributed by atoms with Crippen molar-refractivity contribution in [3.8, 4) is 0 Å². The first-order valence-electron chi connectivity index (χ1n) is 7.27. The Morgan fingerprint density at radius 1 is 1.38 bits per heavy atom. The zero-order valence-electron chi connectivity index (χ0n) is 11.6. The van der Waals surface area contributed by atoms with Crippen molar-refractivity contribution in [3.63, 3.8) is 0 Å². The van der Waals surface area contributed by atoms with Crippen molar-refractivity contribution >= 4 is 0 Å². The fraction of sp³-hybridized carbons (Fsp3) is 0.875. The molecule has 0 aromatic rings. The molecular formula is C16H28. The normalized spacial score (nSPS) is 43.8. The quantitative estimate of drug-likeness (QED) is 0.561. The molecule has 0 spiro atoms. The fourth-order valence-electron chi connectivity index (χ4n) is 4.19. The molecule has 0 aliphatic heterocycles.